The molecule has 2 rings (SSSR count). The molecule has 2 N–H and O–H groups in total. The Morgan fingerprint density at radius 1 is 1.25 bits per heavy atom. The van der Waals surface area contributed by atoms with Crippen LogP contribution >= 0.6 is 0 Å². The fourth-order valence-electron chi connectivity index (χ4n) is 2.05. The average molecular weight is 181 g/mol. The monoisotopic (exact) mass is 181 g/mol. The molecule has 2 aliphatic rings. The minimum Gasteiger partial charge on any atom is -0.364 e. The smallest absolute Gasteiger partial charge is 0.364 e. The average Bonchev–Trinajstić information content (AvgIpc) is 2.40. The maximum absolute atomic E-state index is 12.4. The zero-order valence-corrected chi connectivity index (χ0v) is 6.45. The SMILES string of the molecule is NC12CCC(C(F)(F)F)(C1)OC2. The molecule has 70 valence electrons. The van der Waals surface area contributed by atoms with Gasteiger partial charge in [0.15, 0.2) is 5.60 Å². The Bertz CT molecular complexity index is 205. The molecule has 2 unspecified atom stereocenters. The summed E-state index contributed by atoms with van der Waals surface area (Å²) in [5.41, 5.74) is 3.03. The van der Waals surface area contributed by atoms with Crippen molar-refractivity contribution in [1.29, 1.82) is 0 Å². The van der Waals surface area contributed by atoms with Crippen LogP contribution in [0, 0.1) is 0 Å². The van der Waals surface area contributed by atoms with Crippen LogP contribution in [-0.2, 0) is 4.74 Å². The van der Waals surface area contributed by atoms with E-state index in [9.17, 15) is 13.2 Å². The van der Waals surface area contributed by atoms with Crippen molar-refractivity contribution in [2.24, 2.45) is 5.73 Å². The maximum Gasteiger partial charge on any atom is 0.417 e. The minimum atomic E-state index is -4.26. The van der Waals surface area contributed by atoms with E-state index in [1.165, 1.54) is 0 Å². The second-order valence-electron chi connectivity index (χ2n) is 3.82. The summed E-state index contributed by atoms with van der Waals surface area (Å²) in [5.74, 6) is 0. The van der Waals surface area contributed by atoms with Gasteiger partial charge in [0.05, 0.1) is 6.61 Å². The van der Waals surface area contributed by atoms with Gasteiger partial charge in [-0.15, -0.1) is 0 Å². The van der Waals surface area contributed by atoms with E-state index in [0.717, 1.165) is 0 Å². The van der Waals surface area contributed by atoms with E-state index in [4.69, 9.17) is 10.5 Å². The Labute approximate surface area is 67.9 Å². The lowest BCUT2D eigenvalue weighted by Gasteiger charge is -2.29. The minimum absolute atomic E-state index is 0.0208. The topological polar surface area (TPSA) is 35.2 Å². The number of hydrogen-bond donors (Lipinski definition) is 1. The van der Waals surface area contributed by atoms with Crippen LogP contribution in [0.5, 0.6) is 0 Å². The summed E-state index contributed by atoms with van der Waals surface area (Å²) in [6.07, 6.45) is -3.88. The third-order valence-corrected chi connectivity index (χ3v) is 2.82. The molecule has 2 bridgehead atoms. The molecule has 1 aliphatic heterocycles. The van der Waals surface area contributed by atoms with Gasteiger partial charge < -0.3 is 10.5 Å². The van der Waals surface area contributed by atoms with E-state index in [-0.39, 0.29) is 19.4 Å². The first-order chi connectivity index (χ1) is 5.37. The van der Waals surface area contributed by atoms with Crippen molar-refractivity contribution >= 4 is 0 Å². The summed E-state index contributed by atoms with van der Waals surface area (Å²) in [7, 11) is 0. The number of halogens is 3. The molecule has 5 heteroatoms. The molecule has 0 aromatic heterocycles. The molecule has 1 aliphatic carbocycles. The van der Waals surface area contributed by atoms with Crippen LogP contribution in [0.3, 0.4) is 0 Å². The maximum atomic E-state index is 12.4. The summed E-state index contributed by atoms with van der Waals surface area (Å²) < 4.78 is 42.1. The number of nitrogens with two attached hydrogens (primary N) is 1. The fourth-order valence-corrected chi connectivity index (χ4v) is 2.05. The predicted molar refractivity (Wildman–Crippen MR) is 35.5 cm³/mol. The van der Waals surface area contributed by atoms with Gasteiger partial charge in [0.2, 0.25) is 0 Å². The first-order valence-electron chi connectivity index (χ1n) is 3.87. The molecule has 0 aromatic carbocycles. The molecule has 2 nitrogen and oxygen atoms in total. The molecule has 2 atom stereocenters. The van der Waals surface area contributed by atoms with Gasteiger partial charge in [-0.25, -0.2) is 0 Å². The van der Waals surface area contributed by atoms with Crippen LogP contribution in [0.1, 0.15) is 19.3 Å². The lowest BCUT2D eigenvalue weighted by molar-refractivity contribution is -0.264. The Kier molecular flexibility index (Phi) is 1.36. The zero-order valence-electron chi connectivity index (χ0n) is 6.45. The van der Waals surface area contributed by atoms with Gasteiger partial charge in [-0.2, -0.15) is 13.2 Å². The second-order valence-corrected chi connectivity index (χ2v) is 3.82. The third-order valence-electron chi connectivity index (χ3n) is 2.82. The van der Waals surface area contributed by atoms with Gasteiger partial charge in [0, 0.05) is 12.0 Å². The standard InChI is InChI=1S/C7H10F3NO/c8-7(9,10)6-2-1-5(11,3-6)4-12-6/h1-4,11H2. The number of fused-ring (bicyclic) bond motifs is 2. The highest BCUT2D eigenvalue weighted by Gasteiger charge is 2.67. The van der Waals surface area contributed by atoms with Crippen LogP contribution in [0.2, 0.25) is 0 Å². The lowest BCUT2D eigenvalue weighted by atomic mass is 10.00. The Balaban J connectivity index is 2.27. The van der Waals surface area contributed by atoms with E-state index in [1.54, 1.807) is 0 Å². The van der Waals surface area contributed by atoms with E-state index in [1.807, 2.05) is 0 Å². The van der Waals surface area contributed by atoms with Gasteiger partial charge in [0.25, 0.3) is 0 Å². The van der Waals surface area contributed by atoms with E-state index < -0.39 is 17.3 Å². The molecule has 1 saturated heterocycles. The summed E-state index contributed by atoms with van der Waals surface area (Å²) >= 11 is 0. The first kappa shape index (κ1) is 8.31. The van der Waals surface area contributed by atoms with Crippen molar-refractivity contribution in [2.45, 2.75) is 36.6 Å². The highest BCUT2D eigenvalue weighted by Crippen LogP contribution is 2.53. The van der Waals surface area contributed by atoms with E-state index in [0.29, 0.717) is 6.42 Å². The second kappa shape index (κ2) is 1.96. The van der Waals surface area contributed by atoms with Crippen molar-refractivity contribution in [2.75, 3.05) is 6.61 Å². The van der Waals surface area contributed by atoms with E-state index in [2.05, 4.69) is 0 Å². The van der Waals surface area contributed by atoms with Crippen LogP contribution in [0.25, 0.3) is 0 Å². The van der Waals surface area contributed by atoms with Crippen LogP contribution in [0.4, 0.5) is 13.2 Å². The largest absolute Gasteiger partial charge is 0.417 e. The van der Waals surface area contributed by atoms with Crippen LogP contribution in [0.15, 0.2) is 0 Å². The van der Waals surface area contributed by atoms with Gasteiger partial charge in [0.1, 0.15) is 0 Å². The van der Waals surface area contributed by atoms with Gasteiger partial charge >= 0.3 is 6.18 Å². The van der Waals surface area contributed by atoms with E-state index >= 15 is 0 Å². The Hall–Kier alpha value is -0.290. The molecular weight excluding hydrogens is 171 g/mol. The summed E-state index contributed by atoms with van der Waals surface area (Å²) in [6.45, 7) is 0.0481. The Morgan fingerprint density at radius 3 is 2.08 bits per heavy atom. The predicted octanol–water partition coefficient (Wildman–Crippen LogP) is 1.20. The van der Waals surface area contributed by atoms with Crippen molar-refractivity contribution in [3.63, 3.8) is 0 Å². The third kappa shape index (κ3) is 0.894. The molecule has 1 heterocycles. The number of rotatable bonds is 0. The number of alkyl halides is 3. The summed E-state index contributed by atoms with van der Waals surface area (Å²) in [5, 5.41) is 0. The highest BCUT2D eigenvalue weighted by atomic mass is 19.4. The first-order valence-corrected chi connectivity index (χ1v) is 3.87. The molecular formula is C7H10F3NO. The van der Waals surface area contributed by atoms with Crippen molar-refractivity contribution in [3.8, 4) is 0 Å². The van der Waals surface area contributed by atoms with Gasteiger partial charge in [-0.1, -0.05) is 0 Å². The molecule has 12 heavy (non-hydrogen) atoms. The van der Waals surface area contributed by atoms with Gasteiger partial charge in [-0.05, 0) is 12.8 Å². The molecule has 0 spiro atoms. The quantitative estimate of drug-likeness (QED) is 0.609. The Morgan fingerprint density at radius 2 is 1.92 bits per heavy atom. The summed E-state index contributed by atoms with van der Waals surface area (Å²) in [6, 6.07) is 0. The molecule has 1 saturated carbocycles. The summed E-state index contributed by atoms with van der Waals surface area (Å²) in [4.78, 5) is 0. The van der Waals surface area contributed by atoms with Crippen molar-refractivity contribution < 1.29 is 17.9 Å². The number of hydrogen-bond acceptors (Lipinski definition) is 2. The van der Waals surface area contributed by atoms with Crippen molar-refractivity contribution in [1.82, 2.24) is 0 Å². The zero-order chi connectivity index (χ0) is 9.04. The van der Waals surface area contributed by atoms with Crippen LogP contribution < -0.4 is 5.73 Å². The molecule has 2 fully saturated rings. The van der Waals surface area contributed by atoms with Crippen molar-refractivity contribution in [3.05, 3.63) is 0 Å². The lowest BCUT2D eigenvalue weighted by Crippen LogP contribution is -2.43. The molecule has 0 aromatic rings. The van der Waals surface area contributed by atoms with Gasteiger partial charge in [-0.3, -0.25) is 0 Å². The normalized spacial score (nSPS) is 47.0. The fraction of sp³-hybridized carbons (Fsp3) is 1.00. The highest BCUT2D eigenvalue weighted by molar-refractivity contribution is 5.11. The molecule has 0 amide bonds. The van der Waals surface area contributed by atoms with Crippen LogP contribution in [-0.4, -0.2) is 23.9 Å². The molecule has 0 radical (unpaired) electrons. The number of ether oxygens (including phenoxy) is 1.